The molecule has 2 heterocycles. The van der Waals surface area contributed by atoms with Crippen LogP contribution in [0, 0.1) is 0 Å². The van der Waals surface area contributed by atoms with Gasteiger partial charge in [0.2, 0.25) is 5.88 Å². The number of rotatable bonds is 5. The summed E-state index contributed by atoms with van der Waals surface area (Å²) in [5, 5.41) is 2.55. The van der Waals surface area contributed by atoms with E-state index in [1.165, 1.54) is 6.20 Å². The molecule has 1 fully saturated rings. The van der Waals surface area contributed by atoms with Gasteiger partial charge in [0.05, 0.1) is 18.8 Å². The molecule has 6 heteroatoms. The van der Waals surface area contributed by atoms with Gasteiger partial charge in [0.15, 0.2) is 0 Å². The summed E-state index contributed by atoms with van der Waals surface area (Å²) in [6.45, 7) is 4.94. The van der Waals surface area contributed by atoms with Gasteiger partial charge in [-0.05, 0) is 6.07 Å². The number of ether oxygens (including phenoxy) is 2. The van der Waals surface area contributed by atoms with Crippen LogP contribution in [0.25, 0.3) is 0 Å². The minimum Gasteiger partial charge on any atom is -0.476 e. The van der Waals surface area contributed by atoms with E-state index in [0.29, 0.717) is 18.1 Å². The van der Waals surface area contributed by atoms with Crippen LogP contribution in [0.15, 0.2) is 18.3 Å². The molecule has 0 bridgehead atoms. The van der Waals surface area contributed by atoms with Crippen molar-refractivity contribution in [3.63, 3.8) is 0 Å². The van der Waals surface area contributed by atoms with Crippen molar-refractivity contribution in [1.29, 1.82) is 0 Å². The second kappa shape index (κ2) is 7.06. The largest absolute Gasteiger partial charge is 0.476 e. The van der Waals surface area contributed by atoms with E-state index in [4.69, 9.17) is 9.47 Å². The Balaban J connectivity index is 1.75. The van der Waals surface area contributed by atoms with E-state index in [0.717, 1.165) is 32.8 Å². The first-order valence-corrected chi connectivity index (χ1v) is 6.40. The zero-order valence-electron chi connectivity index (χ0n) is 11.1. The van der Waals surface area contributed by atoms with Gasteiger partial charge in [-0.2, -0.15) is 0 Å². The number of nitrogens with zero attached hydrogens (tertiary/aromatic N) is 2. The number of hydrogen-bond donors (Lipinski definition) is 1. The van der Waals surface area contributed by atoms with Crippen molar-refractivity contribution in [2.75, 3.05) is 46.5 Å². The number of amides is 1. The molecule has 1 aliphatic rings. The molecule has 2 rings (SSSR count). The standard InChI is InChI=1S/C13H19N3O3/c1-14-13(17)11-2-3-12(15-10-11)19-9-6-16-4-7-18-8-5-16/h2-3,10H,4-9H2,1H3,(H,14,17). The molecule has 1 aromatic heterocycles. The van der Waals surface area contributed by atoms with Gasteiger partial charge in [-0.15, -0.1) is 0 Å². The van der Waals surface area contributed by atoms with Crippen molar-refractivity contribution in [2.24, 2.45) is 0 Å². The van der Waals surface area contributed by atoms with E-state index in [9.17, 15) is 4.79 Å². The highest BCUT2D eigenvalue weighted by molar-refractivity contribution is 5.93. The van der Waals surface area contributed by atoms with Gasteiger partial charge in [-0.25, -0.2) is 4.98 Å². The number of morpholine rings is 1. The highest BCUT2D eigenvalue weighted by Gasteiger charge is 2.10. The quantitative estimate of drug-likeness (QED) is 0.821. The number of aromatic nitrogens is 1. The first-order valence-electron chi connectivity index (χ1n) is 6.40. The summed E-state index contributed by atoms with van der Waals surface area (Å²) >= 11 is 0. The fourth-order valence-corrected chi connectivity index (χ4v) is 1.85. The van der Waals surface area contributed by atoms with Gasteiger partial charge in [0.25, 0.3) is 5.91 Å². The fraction of sp³-hybridized carbons (Fsp3) is 0.538. The Bertz CT molecular complexity index is 402. The van der Waals surface area contributed by atoms with Crippen molar-refractivity contribution in [2.45, 2.75) is 0 Å². The number of nitrogens with one attached hydrogen (secondary N) is 1. The zero-order valence-corrected chi connectivity index (χ0v) is 11.1. The van der Waals surface area contributed by atoms with E-state index in [2.05, 4.69) is 15.2 Å². The molecule has 1 aliphatic heterocycles. The normalized spacial score (nSPS) is 16.1. The lowest BCUT2D eigenvalue weighted by Gasteiger charge is -2.26. The predicted octanol–water partition coefficient (Wildman–Crippen LogP) is 0.152. The second-order valence-corrected chi connectivity index (χ2v) is 4.27. The summed E-state index contributed by atoms with van der Waals surface area (Å²) in [7, 11) is 1.59. The number of carbonyl (C=O) groups excluding carboxylic acids is 1. The molecule has 1 N–H and O–H groups in total. The van der Waals surface area contributed by atoms with E-state index in [1.807, 2.05) is 0 Å². The highest BCUT2D eigenvalue weighted by atomic mass is 16.5. The lowest BCUT2D eigenvalue weighted by atomic mass is 10.3. The summed E-state index contributed by atoms with van der Waals surface area (Å²) in [4.78, 5) is 17.7. The third-order valence-electron chi connectivity index (χ3n) is 2.99. The van der Waals surface area contributed by atoms with Crippen molar-refractivity contribution in [3.05, 3.63) is 23.9 Å². The average Bonchev–Trinajstić information content (AvgIpc) is 2.48. The summed E-state index contributed by atoms with van der Waals surface area (Å²) in [5.41, 5.74) is 0.531. The van der Waals surface area contributed by atoms with Crippen LogP contribution in [0.1, 0.15) is 10.4 Å². The number of hydrogen-bond acceptors (Lipinski definition) is 5. The van der Waals surface area contributed by atoms with Crippen LogP contribution in [0.2, 0.25) is 0 Å². The van der Waals surface area contributed by atoms with Crippen LogP contribution in [0.4, 0.5) is 0 Å². The Labute approximate surface area is 112 Å². The van der Waals surface area contributed by atoms with E-state index in [-0.39, 0.29) is 5.91 Å². The Morgan fingerprint density at radius 2 is 2.26 bits per heavy atom. The molecule has 104 valence electrons. The molecule has 1 saturated heterocycles. The summed E-state index contributed by atoms with van der Waals surface area (Å²) < 4.78 is 10.8. The molecule has 1 aromatic rings. The third kappa shape index (κ3) is 4.18. The van der Waals surface area contributed by atoms with Gasteiger partial charge >= 0.3 is 0 Å². The Kier molecular flexibility index (Phi) is 5.11. The van der Waals surface area contributed by atoms with Crippen LogP contribution >= 0.6 is 0 Å². The molecule has 0 radical (unpaired) electrons. The second-order valence-electron chi connectivity index (χ2n) is 4.27. The van der Waals surface area contributed by atoms with Crippen molar-refractivity contribution >= 4 is 5.91 Å². The summed E-state index contributed by atoms with van der Waals surface area (Å²) in [6.07, 6.45) is 1.52. The Morgan fingerprint density at radius 3 is 2.89 bits per heavy atom. The van der Waals surface area contributed by atoms with Gasteiger partial charge in [-0.1, -0.05) is 0 Å². The average molecular weight is 265 g/mol. The van der Waals surface area contributed by atoms with Crippen molar-refractivity contribution in [3.8, 4) is 5.88 Å². The summed E-state index contributed by atoms with van der Waals surface area (Å²) in [5.74, 6) is 0.397. The maximum absolute atomic E-state index is 11.3. The lowest BCUT2D eigenvalue weighted by Crippen LogP contribution is -2.38. The minimum absolute atomic E-state index is 0.146. The maximum Gasteiger partial charge on any atom is 0.252 e. The number of carbonyl (C=O) groups is 1. The Morgan fingerprint density at radius 1 is 1.47 bits per heavy atom. The molecule has 19 heavy (non-hydrogen) atoms. The fourth-order valence-electron chi connectivity index (χ4n) is 1.85. The number of pyridine rings is 1. The molecule has 0 aliphatic carbocycles. The highest BCUT2D eigenvalue weighted by Crippen LogP contribution is 2.07. The molecule has 0 spiro atoms. The van der Waals surface area contributed by atoms with Gasteiger partial charge < -0.3 is 14.8 Å². The van der Waals surface area contributed by atoms with Crippen LogP contribution in [0.3, 0.4) is 0 Å². The summed E-state index contributed by atoms with van der Waals surface area (Å²) in [6, 6.07) is 3.42. The van der Waals surface area contributed by atoms with E-state index >= 15 is 0 Å². The molecule has 0 unspecified atom stereocenters. The molecular weight excluding hydrogens is 246 g/mol. The Hall–Kier alpha value is -1.66. The lowest BCUT2D eigenvalue weighted by molar-refractivity contribution is 0.0320. The third-order valence-corrected chi connectivity index (χ3v) is 2.99. The van der Waals surface area contributed by atoms with Crippen LogP contribution < -0.4 is 10.1 Å². The van der Waals surface area contributed by atoms with Gasteiger partial charge in [-0.3, -0.25) is 9.69 Å². The van der Waals surface area contributed by atoms with Crippen LogP contribution in [-0.2, 0) is 4.74 Å². The smallest absolute Gasteiger partial charge is 0.252 e. The predicted molar refractivity (Wildman–Crippen MR) is 70.4 cm³/mol. The molecular formula is C13H19N3O3. The van der Waals surface area contributed by atoms with E-state index < -0.39 is 0 Å². The molecule has 0 saturated carbocycles. The minimum atomic E-state index is -0.146. The molecule has 0 atom stereocenters. The topological polar surface area (TPSA) is 63.7 Å². The molecule has 0 aromatic carbocycles. The van der Waals surface area contributed by atoms with Crippen molar-refractivity contribution < 1.29 is 14.3 Å². The van der Waals surface area contributed by atoms with Crippen molar-refractivity contribution in [1.82, 2.24) is 15.2 Å². The molecule has 6 nitrogen and oxygen atoms in total. The first kappa shape index (κ1) is 13.8. The van der Waals surface area contributed by atoms with Gasteiger partial charge in [0.1, 0.15) is 6.61 Å². The van der Waals surface area contributed by atoms with Crippen LogP contribution in [-0.4, -0.2) is 62.3 Å². The molecule has 1 amide bonds. The van der Waals surface area contributed by atoms with Crippen LogP contribution in [0.5, 0.6) is 5.88 Å². The van der Waals surface area contributed by atoms with Gasteiger partial charge in [0, 0.05) is 38.9 Å². The van der Waals surface area contributed by atoms with E-state index in [1.54, 1.807) is 19.2 Å². The first-order chi connectivity index (χ1) is 9.29. The maximum atomic E-state index is 11.3. The monoisotopic (exact) mass is 265 g/mol. The SMILES string of the molecule is CNC(=O)c1ccc(OCCN2CCOCC2)nc1. The zero-order chi connectivity index (χ0) is 13.5.